The van der Waals surface area contributed by atoms with Crippen LogP contribution in [-0.4, -0.2) is 29.1 Å². The highest BCUT2D eigenvalue weighted by molar-refractivity contribution is 6.02. The Bertz CT molecular complexity index is 711. The van der Waals surface area contributed by atoms with Gasteiger partial charge in [-0.05, 0) is 24.3 Å². The van der Waals surface area contributed by atoms with Crippen LogP contribution in [0.4, 0.5) is 0 Å². The number of aromatic nitrogens is 1. The Morgan fingerprint density at radius 2 is 1.91 bits per heavy atom. The molecule has 2 N–H and O–H groups in total. The molecule has 22 heavy (non-hydrogen) atoms. The SMILES string of the molecule is COc1ccccc1C=C(NC(=O)c1ccccn1)C(=O)O. The van der Waals surface area contributed by atoms with Crippen molar-refractivity contribution in [3.8, 4) is 5.75 Å². The summed E-state index contributed by atoms with van der Waals surface area (Å²) in [6.07, 6.45) is 2.79. The minimum Gasteiger partial charge on any atom is -0.496 e. The van der Waals surface area contributed by atoms with E-state index in [1.165, 1.54) is 25.4 Å². The van der Waals surface area contributed by atoms with Crippen LogP contribution in [-0.2, 0) is 4.79 Å². The van der Waals surface area contributed by atoms with Crippen LogP contribution in [0.5, 0.6) is 5.75 Å². The summed E-state index contributed by atoms with van der Waals surface area (Å²) in [4.78, 5) is 27.2. The van der Waals surface area contributed by atoms with Crippen LogP contribution < -0.4 is 10.1 Å². The normalized spacial score (nSPS) is 10.9. The molecule has 1 amide bonds. The number of methoxy groups -OCH3 is 1. The number of benzene rings is 1. The maximum atomic E-state index is 12.0. The highest BCUT2D eigenvalue weighted by Gasteiger charge is 2.14. The van der Waals surface area contributed by atoms with Crippen LogP contribution in [0.25, 0.3) is 6.08 Å². The molecule has 0 spiro atoms. The largest absolute Gasteiger partial charge is 0.496 e. The van der Waals surface area contributed by atoms with Gasteiger partial charge in [0, 0.05) is 11.8 Å². The van der Waals surface area contributed by atoms with Crippen molar-refractivity contribution in [2.24, 2.45) is 0 Å². The summed E-state index contributed by atoms with van der Waals surface area (Å²) < 4.78 is 5.15. The van der Waals surface area contributed by atoms with Crippen LogP contribution in [0.1, 0.15) is 16.1 Å². The molecular formula is C16H14N2O4. The zero-order valence-corrected chi connectivity index (χ0v) is 11.8. The number of nitrogens with one attached hydrogen (secondary N) is 1. The molecule has 6 heteroatoms. The van der Waals surface area contributed by atoms with E-state index < -0.39 is 11.9 Å². The van der Waals surface area contributed by atoms with Gasteiger partial charge in [0.25, 0.3) is 5.91 Å². The Morgan fingerprint density at radius 3 is 2.55 bits per heavy atom. The number of carboxylic acids is 1. The van der Waals surface area contributed by atoms with Gasteiger partial charge in [-0.1, -0.05) is 24.3 Å². The summed E-state index contributed by atoms with van der Waals surface area (Å²) >= 11 is 0. The minimum absolute atomic E-state index is 0.134. The van der Waals surface area contributed by atoms with Gasteiger partial charge >= 0.3 is 5.97 Å². The summed E-state index contributed by atoms with van der Waals surface area (Å²) in [7, 11) is 1.49. The molecule has 0 bridgehead atoms. The van der Waals surface area contributed by atoms with Crippen LogP contribution >= 0.6 is 0 Å². The van der Waals surface area contributed by atoms with E-state index in [0.29, 0.717) is 11.3 Å². The number of aliphatic carboxylic acids is 1. The van der Waals surface area contributed by atoms with Crippen molar-refractivity contribution in [1.82, 2.24) is 10.3 Å². The lowest BCUT2D eigenvalue weighted by Gasteiger charge is -2.08. The lowest BCUT2D eigenvalue weighted by Crippen LogP contribution is -2.27. The third-order valence-electron chi connectivity index (χ3n) is 2.81. The van der Waals surface area contributed by atoms with Gasteiger partial charge in [0.1, 0.15) is 17.1 Å². The van der Waals surface area contributed by atoms with Crippen LogP contribution in [0.2, 0.25) is 0 Å². The van der Waals surface area contributed by atoms with E-state index in [1.807, 2.05) is 0 Å². The van der Waals surface area contributed by atoms with Gasteiger partial charge in [0.15, 0.2) is 0 Å². The van der Waals surface area contributed by atoms with Crippen molar-refractivity contribution in [3.05, 3.63) is 65.6 Å². The molecule has 0 saturated carbocycles. The second kappa shape index (κ2) is 7.03. The van der Waals surface area contributed by atoms with E-state index in [1.54, 1.807) is 36.4 Å². The number of hydrogen-bond donors (Lipinski definition) is 2. The number of ether oxygens (including phenoxy) is 1. The maximum absolute atomic E-state index is 12.0. The number of hydrogen-bond acceptors (Lipinski definition) is 4. The van der Waals surface area contributed by atoms with Crippen LogP contribution in [0.15, 0.2) is 54.4 Å². The molecule has 112 valence electrons. The summed E-state index contributed by atoms with van der Waals surface area (Å²) in [5, 5.41) is 11.6. The molecule has 0 atom stereocenters. The van der Waals surface area contributed by atoms with E-state index in [-0.39, 0.29) is 11.4 Å². The van der Waals surface area contributed by atoms with Gasteiger partial charge in [-0.2, -0.15) is 0 Å². The van der Waals surface area contributed by atoms with Gasteiger partial charge in [-0.25, -0.2) is 4.79 Å². The Morgan fingerprint density at radius 1 is 1.18 bits per heavy atom. The summed E-state index contributed by atoms with van der Waals surface area (Å²) in [6.45, 7) is 0. The van der Waals surface area contributed by atoms with Gasteiger partial charge in [-0.3, -0.25) is 9.78 Å². The average Bonchev–Trinajstić information content (AvgIpc) is 2.55. The number of para-hydroxylation sites is 1. The van der Waals surface area contributed by atoms with Crippen molar-refractivity contribution in [2.75, 3.05) is 7.11 Å². The Balaban J connectivity index is 2.29. The molecule has 0 aliphatic heterocycles. The van der Waals surface area contributed by atoms with Crippen molar-refractivity contribution in [3.63, 3.8) is 0 Å². The summed E-state index contributed by atoms with van der Waals surface area (Å²) in [5.74, 6) is -1.34. The van der Waals surface area contributed by atoms with E-state index in [0.717, 1.165) is 0 Å². The lowest BCUT2D eigenvalue weighted by atomic mass is 10.1. The summed E-state index contributed by atoms with van der Waals surface area (Å²) in [5.41, 5.74) is 0.415. The minimum atomic E-state index is -1.25. The summed E-state index contributed by atoms with van der Waals surface area (Å²) in [6, 6.07) is 11.7. The molecule has 2 aromatic rings. The monoisotopic (exact) mass is 298 g/mol. The number of carbonyl (C=O) groups excluding carboxylic acids is 1. The smallest absolute Gasteiger partial charge is 0.352 e. The van der Waals surface area contributed by atoms with E-state index >= 15 is 0 Å². The number of amides is 1. The second-order valence-electron chi connectivity index (χ2n) is 4.27. The third kappa shape index (κ3) is 3.69. The highest BCUT2D eigenvalue weighted by Crippen LogP contribution is 2.20. The molecule has 0 radical (unpaired) electrons. The predicted molar refractivity (Wildman–Crippen MR) is 80.3 cm³/mol. The first-order valence-electron chi connectivity index (χ1n) is 6.42. The number of rotatable bonds is 5. The van der Waals surface area contributed by atoms with Gasteiger partial charge in [-0.15, -0.1) is 0 Å². The molecule has 0 aliphatic rings. The molecule has 0 saturated heterocycles. The van der Waals surface area contributed by atoms with Crippen molar-refractivity contribution < 1.29 is 19.4 Å². The molecule has 0 aliphatic carbocycles. The standard InChI is InChI=1S/C16H14N2O4/c1-22-14-8-3-2-6-11(14)10-13(16(20)21)18-15(19)12-7-4-5-9-17-12/h2-10H,1H3,(H,18,19)(H,20,21). The molecule has 0 unspecified atom stereocenters. The first-order valence-corrected chi connectivity index (χ1v) is 6.42. The van der Waals surface area contributed by atoms with Crippen molar-refractivity contribution in [1.29, 1.82) is 0 Å². The highest BCUT2D eigenvalue weighted by atomic mass is 16.5. The first kappa shape index (κ1) is 15.2. The van der Waals surface area contributed by atoms with E-state index in [4.69, 9.17) is 4.74 Å². The fourth-order valence-electron chi connectivity index (χ4n) is 1.78. The fourth-order valence-corrected chi connectivity index (χ4v) is 1.78. The zero-order chi connectivity index (χ0) is 15.9. The number of pyridine rings is 1. The van der Waals surface area contributed by atoms with Gasteiger partial charge < -0.3 is 15.2 Å². The Kier molecular flexibility index (Phi) is 4.87. The maximum Gasteiger partial charge on any atom is 0.352 e. The quantitative estimate of drug-likeness (QED) is 0.824. The molecular weight excluding hydrogens is 284 g/mol. The molecule has 2 rings (SSSR count). The van der Waals surface area contributed by atoms with E-state index in [9.17, 15) is 14.7 Å². The number of carboxylic acid groups (broad SMARTS) is 1. The Hall–Kier alpha value is -3.15. The molecule has 1 heterocycles. The van der Waals surface area contributed by atoms with Gasteiger partial charge in [0.05, 0.1) is 7.11 Å². The molecule has 0 fully saturated rings. The average molecular weight is 298 g/mol. The topological polar surface area (TPSA) is 88.5 Å². The lowest BCUT2D eigenvalue weighted by molar-refractivity contribution is -0.132. The van der Waals surface area contributed by atoms with Crippen LogP contribution in [0, 0.1) is 0 Å². The fraction of sp³-hybridized carbons (Fsp3) is 0.0625. The second-order valence-corrected chi connectivity index (χ2v) is 4.27. The van der Waals surface area contributed by atoms with Crippen molar-refractivity contribution in [2.45, 2.75) is 0 Å². The first-order chi connectivity index (χ1) is 10.6. The van der Waals surface area contributed by atoms with E-state index in [2.05, 4.69) is 10.3 Å². The van der Waals surface area contributed by atoms with Crippen molar-refractivity contribution >= 4 is 18.0 Å². The predicted octanol–water partition coefficient (Wildman–Crippen LogP) is 1.95. The Labute approximate surface area is 127 Å². The third-order valence-corrected chi connectivity index (χ3v) is 2.81. The molecule has 1 aromatic heterocycles. The van der Waals surface area contributed by atoms with Crippen LogP contribution in [0.3, 0.4) is 0 Å². The molecule has 6 nitrogen and oxygen atoms in total. The number of carbonyl (C=O) groups is 2. The molecule has 1 aromatic carbocycles. The zero-order valence-electron chi connectivity index (χ0n) is 11.8. The number of nitrogens with zero attached hydrogens (tertiary/aromatic N) is 1. The van der Waals surface area contributed by atoms with Gasteiger partial charge in [0.2, 0.25) is 0 Å².